The molecule has 0 aromatic rings. The molecule has 0 heterocycles. The van der Waals surface area contributed by atoms with Crippen molar-refractivity contribution in [3.8, 4) is 0 Å². The fraction of sp³-hybridized carbons (Fsp3) is 1.00. The Morgan fingerprint density at radius 3 is 1.26 bits per heavy atom. The Balaban J connectivity index is 1.52. The second-order valence-corrected chi connectivity index (χ2v) is 9.77. The summed E-state index contributed by atoms with van der Waals surface area (Å²) in [6.07, 6.45) is 17.9. The molecule has 4 nitrogen and oxygen atoms in total. The molecule has 2 aliphatic carbocycles. The zero-order valence-corrected chi connectivity index (χ0v) is 18.9. The van der Waals surface area contributed by atoms with Crippen molar-refractivity contribution in [1.82, 2.24) is 20.4 Å². The third-order valence-corrected chi connectivity index (χ3v) is 7.58. The fourth-order valence-electron chi connectivity index (χ4n) is 5.30. The van der Waals surface area contributed by atoms with Crippen molar-refractivity contribution in [2.24, 2.45) is 0 Å². The van der Waals surface area contributed by atoms with Gasteiger partial charge in [-0.15, -0.1) is 0 Å². The van der Waals surface area contributed by atoms with E-state index >= 15 is 0 Å². The van der Waals surface area contributed by atoms with Crippen LogP contribution in [0, 0.1) is 0 Å². The van der Waals surface area contributed by atoms with Crippen LogP contribution in [-0.4, -0.2) is 75.2 Å². The van der Waals surface area contributed by atoms with E-state index in [1.807, 2.05) is 0 Å². The van der Waals surface area contributed by atoms with Crippen molar-refractivity contribution in [3.05, 3.63) is 0 Å². The standard InChI is InChI=1S/C23H48N4/c1-26(2)22(14-8-5-9-15-22)20-24-18-12-7-13-19-25-21-23(27(3)4)16-10-6-11-17-23/h24-25H,5-21H2,1-4H3. The first-order valence-electron chi connectivity index (χ1n) is 11.8. The molecule has 0 saturated heterocycles. The Morgan fingerprint density at radius 2 is 0.926 bits per heavy atom. The van der Waals surface area contributed by atoms with Gasteiger partial charge in [-0.25, -0.2) is 0 Å². The normalized spacial score (nSPS) is 22.4. The maximum Gasteiger partial charge on any atom is 0.0327 e. The molecular formula is C23H48N4. The minimum Gasteiger partial charge on any atom is -0.315 e. The van der Waals surface area contributed by atoms with Gasteiger partial charge in [-0.2, -0.15) is 0 Å². The molecule has 4 heteroatoms. The molecule has 0 bridgehead atoms. The van der Waals surface area contributed by atoms with Crippen LogP contribution in [0.4, 0.5) is 0 Å². The highest BCUT2D eigenvalue weighted by molar-refractivity contribution is 4.93. The lowest BCUT2D eigenvalue weighted by atomic mass is 9.80. The molecule has 0 aliphatic heterocycles. The van der Waals surface area contributed by atoms with Gasteiger partial charge in [0.2, 0.25) is 0 Å². The molecule has 2 N–H and O–H groups in total. The smallest absolute Gasteiger partial charge is 0.0327 e. The van der Waals surface area contributed by atoms with Crippen molar-refractivity contribution in [2.75, 3.05) is 54.4 Å². The number of nitrogens with one attached hydrogen (secondary N) is 2. The van der Waals surface area contributed by atoms with E-state index in [2.05, 4.69) is 48.6 Å². The summed E-state index contributed by atoms with van der Waals surface area (Å²) in [4.78, 5) is 4.96. The SMILES string of the molecule is CN(C)C1(CNCCCCCNCC2(N(C)C)CCCCC2)CCCCC1. The zero-order valence-electron chi connectivity index (χ0n) is 18.9. The summed E-state index contributed by atoms with van der Waals surface area (Å²) in [6.45, 7) is 4.70. The lowest BCUT2D eigenvalue weighted by Crippen LogP contribution is -2.53. The van der Waals surface area contributed by atoms with Crippen LogP contribution in [-0.2, 0) is 0 Å². The first-order valence-corrected chi connectivity index (χ1v) is 11.8. The first-order chi connectivity index (χ1) is 13.0. The van der Waals surface area contributed by atoms with E-state index in [0.29, 0.717) is 11.1 Å². The highest BCUT2D eigenvalue weighted by Gasteiger charge is 2.34. The third kappa shape index (κ3) is 6.99. The van der Waals surface area contributed by atoms with Crippen molar-refractivity contribution < 1.29 is 0 Å². The number of nitrogens with zero attached hydrogens (tertiary/aromatic N) is 2. The van der Waals surface area contributed by atoms with Gasteiger partial charge in [0.05, 0.1) is 0 Å². The molecular weight excluding hydrogens is 332 g/mol. The van der Waals surface area contributed by atoms with Gasteiger partial charge in [-0.1, -0.05) is 44.9 Å². The average Bonchev–Trinajstić information content (AvgIpc) is 2.68. The van der Waals surface area contributed by atoms with Crippen molar-refractivity contribution in [1.29, 1.82) is 0 Å². The summed E-state index contributed by atoms with van der Waals surface area (Å²) >= 11 is 0. The molecule has 0 spiro atoms. The number of hydrogen-bond donors (Lipinski definition) is 2. The van der Waals surface area contributed by atoms with Gasteiger partial charge in [-0.3, -0.25) is 0 Å². The van der Waals surface area contributed by atoms with Gasteiger partial charge in [0.25, 0.3) is 0 Å². The minimum atomic E-state index is 0.417. The summed E-state index contributed by atoms with van der Waals surface area (Å²) in [7, 11) is 9.08. The van der Waals surface area contributed by atoms with Gasteiger partial charge in [0.15, 0.2) is 0 Å². The van der Waals surface area contributed by atoms with E-state index in [1.165, 1.54) is 110 Å². The van der Waals surface area contributed by atoms with E-state index in [1.54, 1.807) is 0 Å². The molecule has 2 fully saturated rings. The summed E-state index contributed by atoms with van der Waals surface area (Å²) in [5.41, 5.74) is 0.834. The molecule has 0 radical (unpaired) electrons. The second-order valence-electron chi connectivity index (χ2n) is 9.77. The lowest BCUT2D eigenvalue weighted by Gasteiger charge is -2.43. The molecule has 27 heavy (non-hydrogen) atoms. The zero-order chi connectivity index (χ0) is 19.6. The highest BCUT2D eigenvalue weighted by atomic mass is 15.2. The monoisotopic (exact) mass is 380 g/mol. The summed E-state index contributed by atoms with van der Waals surface area (Å²) in [6, 6.07) is 0. The van der Waals surface area contributed by atoms with Gasteiger partial charge >= 0.3 is 0 Å². The Bertz CT molecular complexity index is 346. The van der Waals surface area contributed by atoms with E-state index in [9.17, 15) is 0 Å². The quantitative estimate of drug-likeness (QED) is 0.503. The molecule has 2 aliphatic rings. The van der Waals surface area contributed by atoms with E-state index in [4.69, 9.17) is 0 Å². The van der Waals surface area contributed by atoms with Crippen LogP contribution in [0.25, 0.3) is 0 Å². The van der Waals surface area contributed by atoms with E-state index in [0.717, 1.165) is 0 Å². The van der Waals surface area contributed by atoms with Crippen LogP contribution in [0.15, 0.2) is 0 Å². The van der Waals surface area contributed by atoms with Gasteiger partial charge in [0, 0.05) is 24.2 Å². The molecule has 0 unspecified atom stereocenters. The molecule has 2 saturated carbocycles. The Labute approximate surface area is 169 Å². The molecule has 0 aromatic carbocycles. The van der Waals surface area contributed by atoms with Crippen LogP contribution in [0.1, 0.15) is 83.5 Å². The molecule has 0 amide bonds. The van der Waals surface area contributed by atoms with Gasteiger partial charge < -0.3 is 20.4 Å². The molecule has 160 valence electrons. The second kappa shape index (κ2) is 11.7. The third-order valence-electron chi connectivity index (χ3n) is 7.58. The predicted molar refractivity (Wildman–Crippen MR) is 119 cm³/mol. The van der Waals surface area contributed by atoms with E-state index in [-0.39, 0.29) is 0 Å². The average molecular weight is 381 g/mol. The number of unbranched alkanes of at least 4 members (excludes halogenated alkanes) is 2. The first kappa shape index (κ1) is 23.1. The maximum atomic E-state index is 3.77. The van der Waals surface area contributed by atoms with Crippen LogP contribution >= 0.6 is 0 Å². The summed E-state index contributed by atoms with van der Waals surface area (Å²) < 4.78 is 0. The van der Waals surface area contributed by atoms with Crippen molar-refractivity contribution >= 4 is 0 Å². The Hall–Kier alpha value is -0.160. The number of hydrogen-bond acceptors (Lipinski definition) is 4. The highest BCUT2D eigenvalue weighted by Crippen LogP contribution is 2.32. The largest absolute Gasteiger partial charge is 0.315 e. The van der Waals surface area contributed by atoms with Crippen LogP contribution in [0.3, 0.4) is 0 Å². The topological polar surface area (TPSA) is 30.5 Å². The molecule has 0 aromatic heterocycles. The van der Waals surface area contributed by atoms with Gasteiger partial charge in [-0.05, 0) is 79.8 Å². The van der Waals surface area contributed by atoms with E-state index < -0.39 is 0 Å². The van der Waals surface area contributed by atoms with Crippen LogP contribution in [0.2, 0.25) is 0 Å². The number of rotatable bonds is 12. The number of likely N-dealkylation sites (N-methyl/N-ethyl adjacent to an activating group) is 2. The Morgan fingerprint density at radius 1 is 0.556 bits per heavy atom. The van der Waals surface area contributed by atoms with Crippen molar-refractivity contribution in [3.63, 3.8) is 0 Å². The minimum absolute atomic E-state index is 0.417. The summed E-state index contributed by atoms with van der Waals surface area (Å²) in [5, 5.41) is 7.54. The van der Waals surface area contributed by atoms with Gasteiger partial charge in [0.1, 0.15) is 0 Å². The summed E-state index contributed by atoms with van der Waals surface area (Å²) in [5.74, 6) is 0. The fourth-order valence-corrected chi connectivity index (χ4v) is 5.30. The van der Waals surface area contributed by atoms with Crippen LogP contribution in [0.5, 0.6) is 0 Å². The van der Waals surface area contributed by atoms with Crippen molar-refractivity contribution in [2.45, 2.75) is 94.5 Å². The molecule has 0 atom stereocenters. The van der Waals surface area contributed by atoms with Crippen LogP contribution < -0.4 is 10.6 Å². The predicted octanol–water partition coefficient (Wildman–Crippen LogP) is 3.86. The Kier molecular flexibility index (Phi) is 10.1. The maximum absolute atomic E-state index is 3.77. The lowest BCUT2D eigenvalue weighted by molar-refractivity contribution is 0.0982. The molecule has 2 rings (SSSR count).